The van der Waals surface area contributed by atoms with Gasteiger partial charge in [-0.15, -0.1) is 0 Å². The molecule has 2 heterocycles. The summed E-state index contributed by atoms with van der Waals surface area (Å²) in [5.41, 5.74) is 9.88. The van der Waals surface area contributed by atoms with Crippen LogP contribution in [0.2, 0.25) is 0 Å². The highest BCUT2D eigenvalue weighted by atomic mass is 16.5. The predicted molar refractivity (Wildman–Crippen MR) is 86.0 cm³/mol. The number of rotatable bonds is 1. The van der Waals surface area contributed by atoms with E-state index >= 15 is 0 Å². The van der Waals surface area contributed by atoms with E-state index in [-0.39, 0.29) is 11.9 Å². The van der Waals surface area contributed by atoms with E-state index in [4.69, 9.17) is 10.5 Å². The summed E-state index contributed by atoms with van der Waals surface area (Å²) in [6.45, 7) is 0.635. The number of amides is 1. The van der Waals surface area contributed by atoms with Crippen LogP contribution in [0.5, 0.6) is 5.75 Å². The largest absolute Gasteiger partial charge is 0.493 e. The van der Waals surface area contributed by atoms with E-state index in [9.17, 15) is 4.79 Å². The molecule has 0 bridgehead atoms. The average Bonchev–Trinajstić information content (AvgIpc) is 2.55. The van der Waals surface area contributed by atoms with Crippen LogP contribution >= 0.6 is 0 Å². The van der Waals surface area contributed by atoms with Crippen LogP contribution in [0.15, 0.2) is 42.5 Å². The summed E-state index contributed by atoms with van der Waals surface area (Å²) < 4.78 is 5.73. The molecule has 2 aliphatic rings. The summed E-state index contributed by atoms with van der Waals surface area (Å²) in [6, 6.07) is 13.9. The Labute approximate surface area is 129 Å². The summed E-state index contributed by atoms with van der Waals surface area (Å²) in [5.74, 6) is 1.06. The molecule has 0 saturated heterocycles. The first-order valence-corrected chi connectivity index (χ1v) is 7.66. The van der Waals surface area contributed by atoms with Gasteiger partial charge in [-0.2, -0.15) is 0 Å². The molecule has 0 fully saturated rings. The van der Waals surface area contributed by atoms with Gasteiger partial charge in [0.05, 0.1) is 12.6 Å². The minimum absolute atomic E-state index is 0.0418. The summed E-state index contributed by atoms with van der Waals surface area (Å²) >= 11 is 0. The minimum atomic E-state index is 0.0418. The lowest BCUT2D eigenvalue weighted by Gasteiger charge is -2.39. The van der Waals surface area contributed by atoms with Gasteiger partial charge in [0.15, 0.2) is 0 Å². The van der Waals surface area contributed by atoms with Crippen LogP contribution in [0, 0.1) is 0 Å². The average molecular weight is 294 g/mol. The van der Waals surface area contributed by atoms with Gasteiger partial charge >= 0.3 is 0 Å². The molecule has 1 atom stereocenters. The van der Waals surface area contributed by atoms with E-state index < -0.39 is 0 Å². The van der Waals surface area contributed by atoms with Crippen molar-refractivity contribution in [2.45, 2.75) is 25.3 Å². The van der Waals surface area contributed by atoms with Gasteiger partial charge in [-0.1, -0.05) is 18.2 Å². The van der Waals surface area contributed by atoms with Crippen LogP contribution in [0.25, 0.3) is 0 Å². The molecule has 4 rings (SSSR count). The standard InChI is InChI=1S/C18H18N2O2/c19-13-6-7-15-12(11-13)5-8-18(21)20(15)16-9-10-22-17-4-2-1-3-14(16)17/h1-4,6-7,11,16H,5,8-10,19H2. The van der Waals surface area contributed by atoms with Gasteiger partial charge < -0.3 is 15.4 Å². The number of nitrogens with two attached hydrogens (primary N) is 1. The number of anilines is 2. The van der Waals surface area contributed by atoms with Crippen LogP contribution in [0.1, 0.15) is 30.0 Å². The van der Waals surface area contributed by atoms with Gasteiger partial charge in [-0.05, 0) is 36.2 Å². The highest BCUT2D eigenvalue weighted by Crippen LogP contribution is 2.41. The van der Waals surface area contributed by atoms with Crippen LogP contribution in [-0.4, -0.2) is 12.5 Å². The van der Waals surface area contributed by atoms with Crippen molar-refractivity contribution in [2.75, 3.05) is 17.2 Å². The summed E-state index contributed by atoms with van der Waals surface area (Å²) in [7, 11) is 0. The number of hydrogen-bond acceptors (Lipinski definition) is 3. The zero-order valence-electron chi connectivity index (χ0n) is 12.3. The van der Waals surface area contributed by atoms with Crippen LogP contribution in [0.4, 0.5) is 11.4 Å². The van der Waals surface area contributed by atoms with Gasteiger partial charge in [0.1, 0.15) is 5.75 Å². The number of ether oxygens (including phenoxy) is 1. The molecule has 112 valence electrons. The number of nitrogens with zero attached hydrogens (tertiary/aromatic N) is 1. The Balaban J connectivity index is 1.82. The monoisotopic (exact) mass is 294 g/mol. The number of para-hydroxylation sites is 1. The number of hydrogen-bond donors (Lipinski definition) is 1. The molecule has 0 aliphatic carbocycles. The lowest BCUT2D eigenvalue weighted by Crippen LogP contribution is -2.40. The van der Waals surface area contributed by atoms with E-state index in [2.05, 4.69) is 6.07 Å². The Hall–Kier alpha value is -2.49. The third-order valence-electron chi connectivity index (χ3n) is 4.48. The van der Waals surface area contributed by atoms with E-state index in [1.165, 1.54) is 0 Å². The Morgan fingerprint density at radius 2 is 2.00 bits per heavy atom. The Morgan fingerprint density at radius 3 is 2.91 bits per heavy atom. The molecule has 2 N–H and O–H groups in total. The highest BCUT2D eigenvalue weighted by Gasteiger charge is 2.34. The Morgan fingerprint density at radius 1 is 1.14 bits per heavy atom. The molecule has 2 aliphatic heterocycles. The molecule has 4 nitrogen and oxygen atoms in total. The van der Waals surface area contributed by atoms with E-state index in [1.54, 1.807) is 0 Å². The van der Waals surface area contributed by atoms with Crippen molar-refractivity contribution in [3.8, 4) is 5.75 Å². The second-order valence-corrected chi connectivity index (χ2v) is 5.84. The summed E-state index contributed by atoms with van der Waals surface area (Å²) in [6.07, 6.45) is 2.11. The van der Waals surface area contributed by atoms with Crippen LogP contribution < -0.4 is 15.4 Å². The molecule has 22 heavy (non-hydrogen) atoms. The fourth-order valence-corrected chi connectivity index (χ4v) is 3.47. The molecule has 4 heteroatoms. The van der Waals surface area contributed by atoms with Gasteiger partial charge in [0.2, 0.25) is 5.91 Å². The molecule has 0 saturated carbocycles. The molecular weight excluding hydrogens is 276 g/mol. The van der Waals surface area contributed by atoms with Gasteiger partial charge in [-0.25, -0.2) is 0 Å². The zero-order valence-corrected chi connectivity index (χ0v) is 12.3. The van der Waals surface area contributed by atoms with Crippen molar-refractivity contribution in [1.29, 1.82) is 0 Å². The van der Waals surface area contributed by atoms with Crippen molar-refractivity contribution in [3.05, 3.63) is 53.6 Å². The molecule has 0 aromatic heterocycles. The fourth-order valence-electron chi connectivity index (χ4n) is 3.47. The molecular formula is C18H18N2O2. The fraction of sp³-hybridized carbons (Fsp3) is 0.278. The number of fused-ring (bicyclic) bond motifs is 2. The first kappa shape index (κ1) is 13.2. The number of aryl methyl sites for hydroxylation is 1. The normalized spacial score (nSPS) is 20.1. The molecule has 2 aromatic carbocycles. The first-order valence-electron chi connectivity index (χ1n) is 7.66. The lowest BCUT2D eigenvalue weighted by molar-refractivity contribution is -0.119. The van der Waals surface area contributed by atoms with Gasteiger partial charge in [0, 0.05) is 29.8 Å². The summed E-state index contributed by atoms with van der Waals surface area (Å²) in [5, 5.41) is 0. The SMILES string of the molecule is Nc1ccc2c(c1)CCC(=O)N2C1CCOc2ccccc21. The summed E-state index contributed by atoms with van der Waals surface area (Å²) in [4.78, 5) is 14.5. The van der Waals surface area contributed by atoms with Crippen molar-refractivity contribution < 1.29 is 9.53 Å². The Bertz CT molecular complexity index is 742. The quantitative estimate of drug-likeness (QED) is 0.822. The number of nitrogen functional groups attached to an aromatic ring is 1. The number of benzene rings is 2. The van der Waals surface area contributed by atoms with E-state index in [0.717, 1.165) is 41.1 Å². The smallest absolute Gasteiger partial charge is 0.227 e. The molecule has 1 unspecified atom stereocenters. The van der Waals surface area contributed by atoms with Crippen molar-refractivity contribution in [2.24, 2.45) is 0 Å². The van der Waals surface area contributed by atoms with Crippen molar-refractivity contribution in [3.63, 3.8) is 0 Å². The third-order valence-corrected chi connectivity index (χ3v) is 4.48. The van der Waals surface area contributed by atoms with Crippen LogP contribution in [-0.2, 0) is 11.2 Å². The molecule has 0 radical (unpaired) electrons. The van der Waals surface area contributed by atoms with Gasteiger partial charge in [0.25, 0.3) is 0 Å². The second kappa shape index (κ2) is 5.05. The minimum Gasteiger partial charge on any atom is -0.493 e. The zero-order chi connectivity index (χ0) is 15.1. The first-order chi connectivity index (χ1) is 10.7. The second-order valence-electron chi connectivity index (χ2n) is 5.84. The number of carbonyl (C=O) groups is 1. The van der Waals surface area contributed by atoms with Crippen molar-refractivity contribution in [1.82, 2.24) is 0 Å². The number of carbonyl (C=O) groups excluding carboxylic acids is 1. The third kappa shape index (κ3) is 2.03. The van der Waals surface area contributed by atoms with Crippen LogP contribution in [0.3, 0.4) is 0 Å². The molecule has 1 amide bonds. The maximum atomic E-state index is 12.6. The maximum Gasteiger partial charge on any atom is 0.227 e. The van der Waals surface area contributed by atoms with E-state index in [1.807, 2.05) is 41.3 Å². The van der Waals surface area contributed by atoms with Gasteiger partial charge in [-0.3, -0.25) is 4.79 Å². The van der Waals surface area contributed by atoms with E-state index in [0.29, 0.717) is 13.0 Å². The Kier molecular flexibility index (Phi) is 3.03. The topological polar surface area (TPSA) is 55.6 Å². The molecule has 0 spiro atoms. The highest BCUT2D eigenvalue weighted by molar-refractivity contribution is 5.97. The molecule has 2 aromatic rings. The lowest BCUT2D eigenvalue weighted by atomic mass is 9.93. The van der Waals surface area contributed by atoms with Crippen molar-refractivity contribution >= 4 is 17.3 Å². The maximum absolute atomic E-state index is 12.6. The predicted octanol–water partition coefficient (Wildman–Crippen LogP) is 3.07.